The molecule has 0 amide bonds. The van der Waals surface area contributed by atoms with Crippen molar-refractivity contribution in [3.05, 3.63) is 0 Å². The molecule has 1 fully saturated rings. The number of hydrogen-bond acceptors (Lipinski definition) is 1. The second-order valence-corrected chi connectivity index (χ2v) is 6.20. The van der Waals surface area contributed by atoms with Gasteiger partial charge in [0.2, 0.25) is 0 Å². The Kier molecular flexibility index (Phi) is 9.65. The van der Waals surface area contributed by atoms with E-state index in [9.17, 15) is 0 Å². The van der Waals surface area contributed by atoms with Crippen LogP contribution in [0.4, 0.5) is 0 Å². The molecule has 0 heterocycles. The summed E-state index contributed by atoms with van der Waals surface area (Å²) in [5.74, 6) is 1.07. The van der Waals surface area contributed by atoms with Gasteiger partial charge >= 0.3 is 0 Å². The summed E-state index contributed by atoms with van der Waals surface area (Å²) in [5.41, 5.74) is 0. The first kappa shape index (κ1) is 16.0. The molecule has 0 saturated heterocycles. The van der Waals surface area contributed by atoms with Crippen LogP contribution < -0.4 is 0 Å². The summed E-state index contributed by atoms with van der Waals surface area (Å²) in [6.07, 6.45) is 15.9. The summed E-state index contributed by atoms with van der Waals surface area (Å²) in [7, 11) is 0. The minimum atomic E-state index is 1.07. The highest BCUT2D eigenvalue weighted by atomic mass is 15.1. The summed E-state index contributed by atoms with van der Waals surface area (Å²) in [4.78, 5) is 2.72. The maximum atomic E-state index is 2.72. The summed E-state index contributed by atoms with van der Waals surface area (Å²) in [5, 5.41) is 0. The Morgan fingerprint density at radius 2 is 1.33 bits per heavy atom. The first-order chi connectivity index (χ1) is 8.86. The van der Waals surface area contributed by atoms with Crippen molar-refractivity contribution < 1.29 is 0 Å². The summed E-state index contributed by atoms with van der Waals surface area (Å²) in [6.45, 7) is 8.64. The Bertz CT molecular complexity index is 164. The second-order valence-electron chi connectivity index (χ2n) is 6.20. The average molecular weight is 253 g/mol. The van der Waals surface area contributed by atoms with E-state index in [-0.39, 0.29) is 0 Å². The van der Waals surface area contributed by atoms with Crippen LogP contribution in [0.25, 0.3) is 0 Å². The molecule has 0 N–H and O–H groups in total. The van der Waals surface area contributed by atoms with Gasteiger partial charge in [-0.25, -0.2) is 0 Å². The smallest absolute Gasteiger partial charge is 0.00186 e. The standard InChI is InChI=1S/C17H35N/c1-3-5-14-18(15-6-4-2)16-10-13-17-11-8-7-9-12-17/h17H,3-16H2,1-2H3. The van der Waals surface area contributed by atoms with Crippen molar-refractivity contribution in [2.24, 2.45) is 5.92 Å². The van der Waals surface area contributed by atoms with E-state index < -0.39 is 0 Å². The van der Waals surface area contributed by atoms with E-state index in [0.29, 0.717) is 0 Å². The Hall–Kier alpha value is -0.0400. The molecule has 0 aromatic heterocycles. The van der Waals surface area contributed by atoms with Crippen LogP contribution in [0.3, 0.4) is 0 Å². The molecule has 1 heteroatoms. The molecule has 1 saturated carbocycles. The third-order valence-corrected chi connectivity index (χ3v) is 4.47. The van der Waals surface area contributed by atoms with Gasteiger partial charge in [0, 0.05) is 0 Å². The van der Waals surface area contributed by atoms with Crippen molar-refractivity contribution in [3.8, 4) is 0 Å². The quantitative estimate of drug-likeness (QED) is 0.514. The molecule has 0 radical (unpaired) electrons. The highest BCUT2D eigenvalue weighted by Crippen LogP contribution is 2.27. The first-order valence-electron chi connectivity index (χ1n) is 8.59. The second kappa shape index (κ2) is 10.8. The fourth-order valence-electron chi connectivity index (χ4n) is 3.18. The molecule has 0 aromatic rings. The molecule has 1 aliphatic carbocycles. The minimum absolute atomic E-state index is 1.07. The Balaban J connectivity index is 2.10. The van der Waals surface area contributed by atoms with Crippen LogP contribution in [-0.4, -0.2) is 24.5 Å². The topological polar surface area (TPSA) is 3.24 Å². The summed E-state index contributed by atoms with van der Waals surface area (Å²) >= 11 is 0. The van der Waals surface area contributed by atoms with Crippen molar-refractivity contribution in [1.82, 2.24) is 4.90 Å². The van der Waals surface area contributed by atoms with Gasteiger partial charge in [-0.05, 0) is 51.2 Å². The van der Waals surface area contributed by atoms with Gasteiger partial charge in [0.05, 0.1) is 0 Å². The van der Waals surface area contributed by atoms with Crippen molar-refractivity contribution in [2.45, 2.75) is 84.5 Å². The molecule has 0 aliphatic heterocycles. The van der Waals surface area contributed by atoms with Gasteiger partial charge in [-0.2, -0.15) is 0 Å². The van der Waals surface area contributed by atoms with E-state index in [1.807, 2.05) is 0 Å². The molecule has 1 rings (SSSR count). The lowest BCUT2D eigenvalue weighted by Crippen LogP contribution is -2.27. The van der Waals surface area contributed by atoms with Gasteiger partial charge in [0.25, 0.3) is 0 Å². The van der Waals surface area contributed by atoms with E-state index in [1.165, 1.54) is 90.3 Å². The van der Waals surface area contributed by atoms with Crippen LogP contribution in [0.5, 0.6) is 0 Å². The molecule has 0 atom stereocenters. The summed E-state index contributed by atoms with van der Waals surface area (Å²) in [6, 6.07) is 0. The zero-order chi connectivity index (χ0) is 13.1. The lowest BCUT2D eigenvalue weighted by Gasteiger charge is -2.25. The first-order valence-corrected chi connectivity index (χ1v) is 8.59. The van der Waals surface area contributed by atoms with Crippen LogP contribution in [0.1, 0.15) is 84.5 Å². The van der Waals surface area contributed by atoms with Gasteiger partial charge in [0.1, 0.15) is 0 Å². The van der Waals surface area contributed by atoms with Gasteiger partial charge in [-0.15, -0.1) is 0 Å². The van der Waals surface area contributed by atoms with E-state index >= 15 is 0 Å². The van der Waals surface area contributed by atoms with Gasteiger partial charge in [0.15, 0.2) is 0 Å². The predicted molar refractivity (Wildman–Crippen MR) is 82.1 cm³/mol. The fraction of sp³-hybridized carbons (Fsp3) is 1.00. The van der Waals surface area contributed by atoms with E-state index in [4.69, 9.17) is 0 Å². The van der Waals surface area contributed by atoms with Crippen LogP contribution in [-0.2, 0) is 0 Å². The Labute approximate surface area is 115 Å². The lowest BCUT2D eigenvalue weighted by atomic mass is 9.86. The molecule has 1 nitrogen and oxygen atoms in total. The minimum Gasteiger partial charge on any atom is -0.303 e. The highest BCUT2D eigenvalue weighted by molar-refractivity contribution is 4.67. The molecule has 0 aromatic carbocycles. The van der Waals surface area contributed by atoms with Crippen LogP contribution in [0, 0.1) is 5.92 Å². The lowest BCUT2D eigenvalue weighted by molar-refractivity contribution is 0.243. The normalized spacial score (nSPS) is 17.5. The van der Waals surface area contributed by atoms with E-state index in [1.54, 1.807) is 0 Å². The maximum absolute atomic E-state index is 2.72. The van der Waals surface area contributed by atoms with E-state index in [0.717, 1.165) is 5.92 Å². The molecule has 108 valence electrons. The number of unbranched alkanes of at least 4 members (excludes halogenated alkanes) is 2. The van der Waals surface area contributed by atoms with Crippen molar-refractivity contribution in [2.75, 3.05) is 19.6 Å². The number of rotatable bonds is 10. The van der Waals surface area contributed by atoms with Crippen molar-refractivity contribution in [1.29, 1.82) is 0 Å². The molecular formula is C17H35N. The molecule has 0 unspecified atom stereocenters. The van der Waals surface area contributed by atoms with Gasteiger partial charge in [-0.3, -0.25) is 0 Å². The molecule has 1 aliphatic rings. The Morgan fingerprint density at radius 1 is 0.778 bits per heavy atom. The SMILES string of the molecule is CCCCN(CCCC)CCCC1CCCCC1. The van der Waals surface area contributed by atoms with E-state index in [2.05, 4.69) is 18.7 Å². The van der Waals surface area contributed by atoms with Crippen LogP contribution in [0.15, 0.2) is 0 Å². The monoisotopic (exact) mass is 253 g/mol. The zero-order valence-corrected chi connectivity index (χ0v) is 12.9. The van der Waals surface area contributed by atoms with Crippen molar-refractivity contribution in [3.63, 3.8) is 0 Å². The number of nitrogens with zero attached hydrogens (tertiary/aromatic N) is 1. The maximum Gasteiger partial charge on any atom is -0.00186 e. The van der Waals surface area contributed by atoms with Gasteiger partial charge < -0.3 is 4.90 Å². The molecule has 0 bridgehead atoms. The third kappa shape index (κ3) is 7.41. The predicted octanol–water partition coefficient (Wildman–Crippen LogP) is 5.25. The zero-order valence-electron chi connectivity index (χ0n) is 12.9. The molecule has 0 spiro atoms. The Morgan fingerprint density at radius 3 is 1.89 bits per heavy atom. The van der Waals surface area contributed by atoms with Gasteiger partial charge in [-0.1, -0.05) is 58.8 Å². The molecular weight excluding hydrogens is 218 g/mol. The molecule has 18 heavy (non-hydrogen) atoms. The average Bonchev–Trinajstić information content (AvgIpc) is 2.42. The van der Waals surface area contributed by atoms with Crippen molar-refractivity contribution >= 4 is 0 Å². The largest absolute Gasteiger partial charge is 0.303 e. The van der Waals surface area contributed by atoms with Crippen LogP contribution >= 0.6 is 0 Å². The fourth-order valence-corrected chi connectivity index (χ4v) is 3.18. The highest BCUT2D eigenvalue weighted by Gasteiger charge is 2.13. The summed E-state index contributed by atoms with van der Waals surface area (Å²) < 4.78 is 0. The van der Waals surface area contributed by atoms with Crippen LogP contribution in [0.2, 0.25) is 0 Å². The number of hydrogen-bond donors (Lipinski definition) is 0. The third-order valence-electron chi connectivity index (χ3n) is 4.47.